The van der Waals surface area contributed by atoms with Crippen molar-refractivity contribution in [3.05, 3.63) is 71.3 Å². The fraction of sp³-hybridized carbons (Fsp3) is 0.238. The molecule has 0 bridgehead atoms. The van der Waals surface area contributed by atoms with Gasteiger partial charge in [0.05, 0.1) is 17.7 Å². The first-order valence-corrected chi connectivity index (χ1v) is 10.2. The zero-order chi connectivity index (χ0) is 21.5. The van der Waals surface area contributed by atoms with Crippen LogP contribution in [0, 0.1) is 0 Å². The molecule has 9 heteroatoms. The van der Waals surface area contributed by atoms with Gasteiger partial charge in [-0.15, -0.1) is 0 Å². The average molecular weight is 428 g/mol. The van der Waals surface area contributed by atoms with Crippen molar-refractivity contribution in [2.24, 2.45) is 0 Å². The van der Waals surface area contributed by atoms with Crippen LogP contribution in [0.1, 0.15) is 33.2 Å². The Morgan fingerprint density at radius 1 is 0.967 bits per heavy atom. The minimum atomic E-state index is -1.09. The number of benzene rings is 2. The fourth-order valence-corrected chi connectivity index (χ4v) is 3.70. The predicted molar refractivity (Wildman–Crippen MR) is 110 cm³/mol. The van der Waals surface area contributed by atoms with Crippen LogP contribution in [-0.4, -0.2) is 46.6 Å². The molecule has 1 aliphatic heterocycles. The lowest BCUT2D eigenvalue weighted by atomic mass is 10.1. The predicted octanol–water partition coefficient (Wildman–Crippen LogP) is 2.79. The van der Waals surface area contributed by atoms with Crippen molar-refractivity contribution in [3.63, 3.8) is 0 Å². The van der Waals surface area contributed by atoms with Gasteiger partial charge in [-0.1, -0.05) is 42.5 Å². The third-order valence-corrected chi connectivity index (χ3v) is 5.28. The first-order valence-electron chi connectivity index (χ1n) is 9.25. The van der Waals surface area contributed by atoms with E-state index in [1.807, 2.05) is 18.2 Å². The van der Waals surface area contributed by atoms with Gasteiger partial charge in [-0.05, 0) is 36.6 Å². The molecule has 1 heterocycles. The molecule has 2 aromatic carbocycles. The maximum atomic E-state index is 12.5. The van der Waals surface area contributed by atoms with Crippen molar-refractivity contribution in [1.82, 2.24) is 9.62 Å². The Balaban J connectivity index is 1.60. The summed E-state index contributed by atoms with van der Waals surface area (Å²) in [5.74, 6) is -1.69. The third kappa shape index (κ3) is 4.98. The highest BCUT2D eigenvalue weighted by Gasteiger charge is 2.37. The number of carbonyl (C=O) groups excluding carboxylic acids is 4. The van der Waals surface area contributed by atoms with Crippen LogP contribution in [0.25, 0.3) is 0 Å². The second kappa shape index (κ2) is 9.93. The number of amides is 3. The Bertz CT molecular complexity index is 915. The van der Waals surface area contributed by atoms with Gasteiger partial charge in [-0.3, -0.25) is 9.59 Å². The number of rotatable bonds is 8. The van der Waals surface area contributed by atoms with Crippen LogP contribution in [0.15, 0.2) is 54.6 Å². The van der Waals surface area contributed by atoms with Crippen LogP contribution in [0.5, 0.6) is 0 Å². The molecule has 0 spiro atoms. The molecule has 0 aliphatic carbocycles. The summed E-state index contributed by atoms with van der Waals surface area (Å²) < 4.78 is 11.1. The van der Waals surface area contributed by atoms with Crippen molar-refractivity contribution in [3.8, 4) is 0 Å². The van der Waals surface area contributed by atoms with Gasteiger partial charge in [0, 0.05) is 5.75 Å². The molecule has 1 unspecified atom stereocenters. The van der Waals surface area contributed by atoms with E-state index in [2.05, 4.69) is 5.32 Å². The molecule has 1 aliphatic rings. The second-order valence-corrected chi connectivity index (χ2v) is 7.21. The van der Waals surface area contributed by atoms with Crippen LogP contribution in [0.2, 0.25) is 0 Å². The Kier molecular flexibility index (Phi) is 7.08. The molecular formula is C21H20N2O6S. The largest absolute Gasteiger partial charge is 0.464 e. The average Bonchev–Trinajstić information content (AvgIpc) is 3.00. The highest BCUT2D eigenvalue weighted by atomic mass is 32.2. The van der Waals surface area contributed by atoms with Crippen LogP contribution in [0.4, 0.5) is 4.79 Å². The highest BCUT2D eigenvalue weighted by Crippen LogP contribution is 2.28. The topological polar surface area (TPSA) is 102 Å². The Labute approximate surface area is 177 Å². The molecule has 156 valence electrons. The van der Waals surface area contributed by atoms with Crippen LogP contribution < -0.4 is 5.32 Å². The minimum Gasteiger partial charge on any atom is -0.464 e. The van der Waals surface area contributed by atoms with E-state index in [-0.39, 0.29) is 19.0 Å². The van der Waals surface area contributed by atoms with Crippen LogP contribution in [-0.2, 0) is 20.9 Å². The lowest BCUT2D eigenvalue weighted by molar-refractivity contribution is -0.144. The lowest BCUT2D eigenvalue weighted by Gasteiger charge is -2.19. The van der Waals surface area contributed by atoms with E-state index in [1.165, 1.54) is 0 Å². The molecule has 8 nitrogen and oxygen atoms in total. The lowest BCUT2D eigenvalue weighted by Crippen LogP contribution is -2.44. The first kappa shape index (κ1) is 21.4. The van der Waals surface area contributed by atoms with Gasteiger partial charge in [0.1, 0.15) is 12.6 Å². The van der Waals surface area contributed by atoms with Crippen molar-refractivity contribution >= 4 is 35.8 Å². The molecule has 3 rings (SSSR count). The summed E-state index contributed by atoms with van der Waals surface area (Å²) >= 11 is 0.839. The SMILES string of the molecule is CCOC(=O)C(CSN1C(=O)c2ccccc2C1=O)NC(=O)OCc1ccccc1. The normalized spacial score (nSPS) is 13.6. The monoisotopic (exact) mass is 428 g/mol. The van der Waals surface area contributed by atoms with Crippen molar-refractivity contribution in [1.29, 1.82) is 0 Å². The number of imide groups is 1. The molecule has 3 amide bonds. The number of hydrogen-bond acceptors (Lipinski definition) is 7. The summed E-state index contributed by atoms with van der Waals surface area (Å²) in [5, 5.41) is 2.44. The number of nitrogens with zero attached hydrogens (tertiary/aromatic N) is 1. The minimum absolute atomic E-state index is 0.0355. The summed E-state index contributed by atoms with van der Waals surface area (Å²) in [6, 6.07) is 14.5. The summed E-state index contributed by atoms with van der Waals surface area (Å²) in [6.45, 7) is 1.79. The number of alkyl carbamates (subject to hydrolysis) is 1. The van der Waals surface area contributed by atoms with Gasteiger partial charge >= 0.3 is 12.1 Å². The van der Waals surface area contributed by atoms with E-state index in [0.29, 0.717) is 11.1 Å². The van der Waals surface area contributed by atoms with E-state index in [1.54, 1.807) is 43.3 Å². The third-order valence-electron chi connectivity index (χ3n) is 4.20. The standard InChI is InChI=1S/C21H20N2O6S/c1-2-28-20(26)17(22-21(27)29-12-14-8-4-3-5-9-14)13-30-23-18(24)15-10-6-7-11-16(15)19(23)25/h3-11,17H,2,12-13H2,1H3,(H,22,27). The molecule has 30 heavy (non-hydrogen) atoms. The van der Waals surface area contributed by atoms with E-state index < -0.39 is 29.9 Å². The Hall–Kier alpha value is -3.33. The van der Waals surface area contributed by atoms with Crippen LogP contribution >= 0.6 is 11.9 Å². The van der Waals surface area contributed by atoms with E-state index in [0.717, 1.165) is 21.8 Å². The second-order valence-electron chi connectivity index (χ2n) is 6.26. The van der Waals surface area contributed by atoms with Crippen molar-refractivity contribution < 1.29 is 28.7 Å². The van der Waals surface area contributed by atoms with Crippen molar-refractivity contribution in [2.75, 3.05) is 12.4 Å². The molecule has 2 aromatic rings. The number of ether oxygens (including phenoxy) is 2. The quantitative estimate of drug-likeness (QED) is 0.392. The van der Waals surface area contributed by atoms with E-state index in [4.69, 9.17) is 9.47 Å². The molecule has 0 radical (unpaired) electrons. The fourth-order valence-electron chi connectivity index (χ4n) is 2.75. The first-order chi connectivity index (χ1) is 14.5. The molecule has 0 fully saturated rings. The maximum absolute atomic E-state index is 12.5. The molecule has 0 aromatic heterocycles. The summed E-state index contributed by atoms with van der Waals surface area (Å²) in [7, 11) is 0. The summed E-state index contributed by atoms with van der Waals surface area (Å²) in [4.78, 5) is 49.3. The van der Waals surface area contributed by atoms with Gasteiger partial charge in [0.15, 0.2) is 0 Å². The summed E-state index contributed by atoms with van der Waals surface area (Å²) in [6.07, 6.45) is -0.806. The molecule has 1 N–H and O–H groups in total. The zero-order valence-electron chi connectivity index (χ0n) is 16.2. The number of fused-ring (bicyclic) bond motifs is 1. The van der Waals surface area contributed by atoms with Gasteiger partial charge in [0.25, 0.3) is 11.8 Å². The van der Waals surface area contributed by atoms with Gasteiger partial charge in [-0.2, -0.15) is 0 Å². The Morgan fingerprint density at radius 3 is 2.17 bits per heavy atom. The summed E-state index contributed by atoms with van der Waals surface area (Å²) in [5.41, 5.74) is 1.40. The molecule has 0 saturated heterocycles. The van der Waals surface area contributed by atoms with Gasteiger partial charge in [-0.25, -0.2) is 13.9 Å². The highest BCUT2D eigenvalue weighted by molar-refractivity contribution is 7.98. The van der Waals surface area contributed by atoms with Gasteiger partial charge < -0.3 is 14.8 Å². The number of hydrogen-bond donors (Lipinski definition) is 1. The van der Waals surface area contributed by atoms with Crippen molar-refractivity contribution in [2.45, 2.75) is 19.6 Å². The molecule has 0 saturated carbocycles. The van der Waals surface area contributed by atoms with E-state index in [9.17, 15) is 19.2 Å². The Morgan fingerprint density at radius 2 is 1.57 bits per heavy atom. The van der Waals surface area contributed by atoms with E-state index >= 15 is 0 Å². The smallest absolute Gasteiger partial charge is 0.408 e. The number of esters is 1. The maximum Gasteiger partial charge on any atom is 0.408 e. The zero-order valence-corrected chi connectivity index (χ0v) is 17.0. The van der Waals surface area contributed by atoms with Crippen LogP contribution in [0.3, 0.4) is 0 Å². The molecule has 1 atom stereocenters. The molecular weight excluding hydrogens is 408 g/mol. The number of carbonyl (C=O) groups is 4. The number of nitrogens with one attached hydrogen (secondary N) is 1. The van der Waals surface area contributed by atoms with Gasteiger partial charge in [0.2, 0.25) is 0 Å².